The Kier molecular flexibility index (Phi) is 6.43. The van der Waals surface area contributed by atoms with Crippen LogP contribution in [0.2, 0.25) is 0 Å². The van der Waals surface area contributed by atoms with Gasteiger partial charge in [0.25, 0.3) is 0 Å². The maximum atomic E-state index is 13.4. The summed E-state index contributed by atoms with van der Waals surface area (Å²) in [6.07, 6.45) is -0.0274. The molecule has 2 aromatic rings. The van der Waals surface area contributed by atoms with E-state index in [0.717, 1.165) is 5.56 Å². The molecule has 0 spiro atoms. The number of anilines is 1. The molecule has 144 valence electrons. The number of piperazine rings is 1. The summed E-state index contributed by atoms with van der Waals surface area (Å²) in [4.78, 5) is 26.5. The highest BCUT2D eigenvalue weighted by Gasteiger charge is 2.31. The zero-order valence-electron chi connectivity index (χ0n) is 14.8. The first-order valence-corrected chi connectivity index (χ1v) is 9.24. The lowest BCUT2D eigenvalue weighted by atomic mass is 10.1. The molecule has 2 amide bonds. The van der Waals surface area contributed by atoms with E-state index in [1.807, 2.05) is 4.90 Å². The largest absolute Gasteiger partial charge is 0.377 e. The minimum atomic E-state index is -0.631. The van der Waals surface area contributed by atoms with Crippen LogP contribution in [0.25, 0.3) is 0 Å². The molecule has 0 unspecified atom stereocenters. The fraction of sp³-hybridized carbons (Fsp3) is 0.412. The number of nitrogens with one attached hydrogen (secondary N) is 2. The quantitative estimate of drug-likeness (QED) is 0.733. The molecule has 1 saturated heterocycles. The fourth-order valence-electron chi connectivity index (χ4n) is 2.87. The number of nitrogens with zero attached hydrogens (tertiary/aromatic N) is 3. The normalized spacial score (nSPS) is 17.6. The van der Waals surface area contributed by atoms with Gasteiger partial charge in [0, 0.05) is 26.7 Å². The predicted molar refractivity (Wildman–Crippen MR) is 97.5 cm³/mol. The molecule has 27 heavy (non-hydrogen) atoms. The van der Waals surface area contributed by atoms with Gasteiger partial charge in [-0.3, -0.25) is 14.5 Å². The van der Waals surface area contributed by atoms with E-state index in [2.05, 4.69) is 20.8 Å². The number of methoxy groups -OCH3 is 1. The summed E-state index contributed by atoms with van der Waals surface area (Å²) in [5.74, 6) is -0.877. The maximum absolute atomic E-state index is 13.4. The zero-order valence-corrected chi connectivity index (χ0v) is 15.6. The molecule has 2 heterocycles. The third kappa shape index (κ3) is 5.28. The lowest BCUT2D eigenvalue weighted by molar-refractivity contribution is -0.132. The Hall–Kier alpha value is -2.43. The molecule has 1 atom stereocenters. The number of benzene rings is 1. The van der Waals surface area contributed by atoms with Gasteiger partial charge in [0.1, 0.15) is 17.4 Å². The summed E-state index contributed by atoms with van der Waals surface area (Å²) >= 11 is 1.22. The van der Waals surface area contributed by atoms with E-state index in [9.17, 15) is 14.0 Å². The van der Waals surface area contributed by atoms with E-state index in [0.29, 0.717) is 36.4 Å². The average molecular weight is 393 g/mol. The first kappa shape index (κ1) is 19.3. The van der Waals surface area contributed by atoms with Crippen molar-refractivity contribution in [2.75, 3.05) is 25.5 Å². The van der Waals surface area contributed by atoms with Crippen molar-refractivity contribution in [3.8, 4) is 0 Å². The number of rotatable bonds is 7. The molecule has 1 aliphatic rings. The van der Waals surface area contributed by atoms with Gasteiger partial charge < -0.3 is 15.4 Å². The Morgan fingerprint density at radius 2 is 2.33 bits per heavy atom. The van der Waals surface area contributed by atoms with Gasteiger partial charge in [0.2, 0.25) is 16.9 Å². The third-order valence-corrected chi connectivity index (χ3v) is 4.89. The van der Waals surface area contributed by atoms with Crippen molar-refractivity contribution in [1.29, 1.82) is 0 Å². The molecule has 2 N–H and O–H groups in total. The van der Waals surface area contributed by atoms with Gasteiger partial charge in [-0.15, -0.1) is 10.2 Å². The summed E-state index contributed by atoms with van der Waals surface area (Å²) in [5, 5.41) is 14.2. The number of hydrogen-bond donors (Lipinski definition) is 2. The molecule has 0 aliphatic carbocycles. The van der Waals surface area contributed by atoms with Crippen molar-refractivity contribution in [2.45, 2.75) is 25.6 Å². The third-order valence-electron chi connectivity index (χ3n) is 4.08. The van der Waals surface area contributed by atoms with Gasteiger partial charge in [-0.25, -0.2) is 4.39 Å². The van der Waals surface area contributed by atoms with Crippen molar-refractivity contribution in [3.05, 3.63) is 40.7 Å². The van der Waals surface area contributed by atoms with Crippen LogP contribution < -0.4 is 10.6 Å². The highest BCUT2D eigenvalue weighted by atomic mass is 32.1. The van der Waals surface area contributed by atoms with Crippen molar-refractivity contribution >= 4 is 28.3 Å². The van der Waals surface area contributed by atoms with E-state index in [1.165, 1.54) is 23.5 Å². The highest BCUT2D eigenvalue weighted by Crippen LogP contribution is 2.18. The molecule has 8 nitrogen and oxygen atoms in total. The van der Waals surface area contributed by atoms with Crippen LogP contribution in [0.4, 0.5) is 9.52 Å². The number of ether oxygens (including phenoxy) is 1. The van der Waals surface area contributed by atoms with Crippen molar-refractivity contribution in [2.24, 2.45) is 0 Å². The van der Waals surface area contributed by atoms with E-state index in [-0.39, 0.29) is 24.1 Å². The Balaban J connectivity index is 1.63. The Labute approximate surface area is 159 Å². The lowest BCUT2D eigenvalue weighted by Crippen LogP contribution is -2.55. The van der Waals surface area contributed by atoms with Crippen LogP contribution in [0, 0.1) is 5.82 Å². The summed E-state index contributed by atoms with van der Waals surface area (Å²) in [7, 11) is 1.55. The second-order valence-corrected chi connectivity index (χ2v) is 7.16. The molecule has 1 aromatic carbocycles. The van der Waals surface area contributed by atoms with Crippen LogP contribution in [0.1, 0.15) is 17.0 Å². The smallest absolute Gasteiger partial charge is 0.237 e. The second kappa shape index (κ2) is 8.98. The Morgan fingerprint density at radius 1 is 1.48 bits per heavy atom. The van der Waals surface area contributed by atoms with Gasteiger partial charge >= 0.3 is 0 Å². The minimum absolute atomic E-state index is 0.0274. The standard InChI is InChI=1S/C17H20FN5O3S/c1-26-10-15-21-22-17(27-15)20-14(24)8-13-16(25)19-5-6-23(13)9-11-3-2-4-12(18)7-11/h2-4,7,13H,5-6,8-10H2,1H3,(H,19,25)(H,20,22,24)/t13-/m1/s1. The second-order valence-electron chi connectivity index (χ2n) is 6.09. The number of aromatic nitrogens is 2. The van der Waals surface area contributed by atoms with Crippen LogP contribution >= 0.6 is 11.3 Å². The van der Waals surface area contributed by atoms with Crippen LogP contribution in [-0.2, 0) is 27.5 Å². The summed E-state index contributed by atoms with van der Waals surface area (Å²) in [5.41, 5.74) is 0.753. The number of carbonyl (C=O) groups is 2. The predicted octanol–water partition coefficient (Wildman–Crippen LogP) is 1.15. The molecule has 10 heteroatoms. The topological polar surface area (TPSA) is 96.5 Å². The average Bonchev–Trinajstić information content (AvgIpc) is 3.05. The van der Waals surface area contributed by atoms with Gasteiger partial charge in [-0.1, -0.05) is 23.5 Å². The molecule has 1 aliphatic heterocycles. The number of carbonyl (C=O) groups excluding carboxylic acids is 2. The van der Waals surface area contributed by atoms with Crippen LogP contribution in [0.15, 0.2) is 24.3 Å². The summed E-state index contributed by atoms with van der Waals surface area (Å²) in [6, 6.07) is 5.60. The molecular weight excluding hydrogens is 373 g/mol. The monoisotopic (exact) mass is 393 g/mol. The Bertz CT molecular complexity index is 815. The van der Waals surface area contributed by atoms with Crippen molar-refractivity contribution in [1.82, 2.24) is 20.4 Å². The van der Waals surface area contributed by atoms with Crippen LogP contribution in [0.5, 0.6) is 0 Å². The van der Waals surface area contributed by atoms with Gasteiger partial charge in [-0.05, 0) is 17.7 Å². The maximum Gasteiger partial charge on any atom is 0.237 e. The van der Waals surface area contributed by atoms with Crippen molar-refractivity contribution < 1.29 is 18.7 Å². The number of halogens is 1. The molecule has 0 saturated carbocycles. The lowest BCUT2D eigenvalue weighted by Gasteiger charge is -2.34. The van der Waals surface area contributed by atoms with E-state index < -0.39 is 6.04 Å². The molecule has 0 bridgehead atoms. The fourth-order valence-corrected chi connectivity index (χ4v) is 3.60. The first-order valence-electron chi connectivity index (χ1n) is 8.42. The number of amides is 2. The van der Waals surface area contributed by atoms with Crippen molar-refractivity contribution in [3.63, 3.8) is 0 Å². The molecule has 3 rings (SSSR count). The minimum Gasteiger partial charge on any atom is -0.377 e. The first-order chi connectivity index (χ1) is 13.0. The highest BCUT2D eigenvalue weighted by molar-refractivity contribution is 7.15. The van der Waals surface area contributed by atoms with E-state index >= 15 is 0 Å². The zero-order chi connectivity index (χ0) is 19.2. The van der Waals surface area contributed by atoms with E-state index in [1.54, 1.807) is 19.2 Å². The SMILES string of the molecule is COCc1nnc(NC(=O)C[C@@H]2C(=O)NCCN2Cc2cccc(F)c2)s1. The van der Waals surface area contributed by atoms with Crippen LogP contribution in [-0.4, -0.2) is 53.2 Å². The molecular formula is C17H20FN5O3S. The summed E-state index contributed by atoms with van der Waals surface area (Å²) in [6.45, 7) is 1.78. The molecule has 1 fully saturated rings. The van der Waals surface area contributed by atoms with Gasteiger partial charge in [0.15, 0.2) is 0 Å². The Morgan fingerprint density at radius 3 is 3.11 bits per heavy atom. The van der Waals surface area contributed by atoms with Gasteiger partial charge in [-0.2, -0.15) is 0 Å². The number of hydrogen-bond acceptors (Lipinski definition) is 7. The van der Waals surface area contributed by atoms with E-state index in [4.69, 9.17) is 4.74 Å². The van der Waals surface area contributed by atoms with Gasteiger partial charge in [0.05, 0.1) is 12.5 Å². The summed E-state index contributed by atoms with van der Waals surface area (Å²) < 4.78 is 18.4. The molecule has 0 radical (unpaired) electrons. The molecule has 1 aromatic heterocycles. The van der Waals surface area contributed by atoms with Crippen LogP contribution in [0.3, 0.4) is 0 Å².